The molecule has 0 bridgehead atoms. The van der Waals surface area contributed by atoms with Gasteiger partial charge in [-0.3, -0.25) is 14.7 Å². The van der Waals surface area contributed by atoms with Crippen molar-refractivity contribution in [2.75, 3.05) is 64.3 Å². The molecule has 1 amide bonds. The Kier molecular flexibility index (Phi) is 10.5. The fraction of sp³-hybridized carbons (Fsp3) is 0.708. The van der Waals surface area contributed by atoms with Crippen molar-refractivity contribution in [1.29, 1.82) is 0 Å². The van der Waals surface area contributed by atoms with Gasteiger partial charge in [-0.25, -0.2) is 4.98 Å². The van der Waals surface area contributed by atoms with Crippen LogP contribution >= 0.6 is 24.0 Å². The van der Waals surface area contributed by atoms with Gasteiger partial charge in [-0.05, 0) is 37.8 Å². The van der Waals surface area contributed by atoms with E-state index in [9.17, 15) is 4.79 Å². The van der Waals surface area contributed by atoms with E-state index in [4.69, 9.17) is 0 Å². The predicted molar refractivity (Wildman–Crippen MR) is 144 cm³/mol. The molecule has 3 fully saturated rings. The number of piperazine rings is 1. The number of amides is 1. The molecule has 0 atom stereocenters. The second-order valence-corrected chi connectivity index (χ2v) is 9.24. The normalized spacial score (nSPS) is 21.1. The molecule has 2 saturated heterocycles. The van der Waals surface area contributed by atoms with Gasteiger partial charge in [0.1, 0.15) is 5.82 Å². The number of hydrogen-bond donors (Lipinski definition) is 2. The van der Waals surface area contributed by atoms with Crippen LogP contribution in [0.15, 0.2) is 29.4 Å². The van der Waals surface area contributed by atoms with Gasteiger partial charge in [0, 0.05) is 77.6 Å². The number of hydrogen-bond acceptors (Lipinski definition) is 5. The summed E-state index contributed by atoms with van der Waals surface area (Å²) >= 11 is 0. The van der Waals surface area contributed by atoms with Crippen molar-refractivity contribution in [3.05, 3.63) is 24.4 Å². The Hall–Kier alpha value is -1.62. The average Bonchev–Trinajstić information content (AvgIpc) is 3.39. The second kappa shape index (κ2) is 13.3. The Bertz CT molecular complexity index is 740. The number of halogens is 1. The lowest BCUT2D eigenvalue weighted by Gasteiger charge is -2.36. The molecule has 0 aromatic carbocycles. The summed E-state index contributed by atoms with van der Waals surface area (Å²) in [6, 6.07) is 6.53. The zero-order chi connectivity index (χ0) is 22.2. The maximum atomic E-state index is 12.6. The van der Waals surface area contributed by atoms with Crippen molar-refractivity contribution in [2.24, 2.45) is 10.9 Å². The maximum absolute atomic E-state index is 12.6. The van der Waals surface area contributed by atoms with Crippen molar-refractivity contribution in [2.45, 2.75) is 44.6 Å². The first-order valence-corrected chi connectivity index (χ1v) is 12.4. The highest BCUT2D eigenvalue weighted by molar-refractivity contribution is 14.0. The number of piperidine rings is 1. The van der Waals surface area contributed by atoms with Crippen molar-refractivity contribution < 1.29 is 4.79 Å². The lowest BCUT2D eigenvalue weighted by molar-refractivity contribution is -0.137. The number of rotatable bonds is 6. The highest BCUT2D eigenvalue weighted by atomic mass is 127. The number of guanidine groups is 1. The van der Waals surface area contributed by atoms with Gasteiger partial charge >= 0.3 is 0 Å². The third-order valence-corrected chi connectivity index (χ3v) is 7.14. The lowest BCUT2D eigenvalue weighted by Crippen LogP contribution is -2.53. The van der Waals surface area contributed by atoms with E-state index in [2.05, 4.69) is 41.4 Å². The molecule has 184 valence electrons. The van der Waals surface area contributed by atoms with Gasteiger partial charge in [0.05, 0.1) is 0 Å². The van der Waals surface area contributed by atoms with Crippen LogP contribution in [0.2, 0.25) is 0 Å². The molecule has 1 aromatic heterocycles. The number of aromatic nitrogens is 1. The summed E-state index contributed by atoms with van der Waals surface area (Å²) in [6.45, 7) is 7.54. The largest absolute Gasteiger partial charge is 0.356 e. The molecule has 4 rings (SSSR count). The average molecular weight is 570 g/mol. The Morgan fingerprint density at radius 2 is 1.79 bits per heavy atom. The van der Waals surface area contributed by atoms with Crippen LogP contribution in [0.1, 0.15) is 38.5 Å². The molecule has 9 heteroatoms. The van der Waals surface area contributed by atoms with Crippen LogP contribution in [0.25, 0.3) is 0 Å². The summed E-state index contributed by atoms with van der Waals surface area (Å²) in [5.41, 5.74) is 0. The van der Waals surface area contributed by atoms with Crippen LogP contribution in [0, 0.1) is 5.92 Å². The third kappa shape index (κ3) is 7.43. The number of carbonyl (C=O) groups is 1. The minimum atomic E-state index is 0. The molecule has 0 radical (unpaired) electrons. The topological polar surface area (TPSA) is 76.1 Å². The molecular weight excluding hydrogens is 529 g/mol. The van der Waals surface area contributed by atoms with Crippen LogP contribution < -0.4 is 15.5 Å². The number of nitrogens with one attached hydrogen (secondary N) is 2. The van der Waals surface area contributed by atoms with Crippen LogP contribution in [0.3, 0.4) is 0 Å². The summed E-state index contributed by atoms with van der Waals surface area (Å²) in [4.78, 5) is 28.4. The van der Waals surface area contributed by atoms with Gasteiger partial charge in [-0.1, -0.05) is 18.9 Å². The molecule has 3 heterocycles. The van der Waals surface area contributed by atoms with E-state index in [1.54, 1.807) is 0 Å². The highest BCUT2D eigenvalue weighted by Gasteiger charge is 2.29. The summed E-state index contributed by atoms with van der Waals surface area (Å²) < 4.78 is 0. The minimum absolute atomic E-state index is 0. The van der Waals surface area contributed by atoms with Crippen molar-refractivity contribution >= 4 is 41.7 Å². The highest BCUT2D eigenvalue weighted by Crippen LogP contribution is 2.26. The SMILES string of the molecule is CN=C(NCCN1CCN(C(=O)C2CCCC2)CC1)NC1CCN(c2ccccn2)CC1.I. The summed E-state index contributed by atoms with van der Waals surface area (Å²) in [6.07, 6.45) is 8.65. The number of nitrogens with zero attached hydrogens (tertiary/aromatic N) is 5. The molecule has 8 nitrogen and oxygen atoms in total. The van der Waals surface area contributed by atoms with Crippen molar-refractivity contribution in [3.8, 4) is 0 Å². The van der Waals surface area contributed by atoms with E-state index in [1.165, 1.54) is 12.8 Å². The first kappa shape index (κ1) is 26.0. The van der Waals surface area contributed by atoms with E-state index in [0.717, 1.165) is 89.8 Å². The molecule has 2 aliphatic heterocycles. The van der Waals surface area contributed by atoms with Crippen LogP contribution in [0.5, 0.6) is 0 Å². The first-order chi connectivity index (χ1) is 15.7. The quantitative estimate of drug-likeness (QED) is 0.311. The Balaban J connectivity index is 0.00000306. The summed E-state index contributed by atoms with van der Waals surface area (Å²) in [5.74, 6) is 2.65. The molecule has 1 aromatic rings. The van der Waals surface area contributed by atoms with Gasteiger partial charge < -0.3 is 20.4 Å². The van der Waals surface area contributed by atoms with Gasteiger partial charge in [0.2, 0.25) is 5.91 Å². The zero-order valence-corrected chi connectivity index (χ0v) is 22.2. The van der Waals surface area contributed by atoms with E-state index >= 15 is 0 Å². The second-order valence-electron chi connectivity index (χ2n) is 9.24. The lowest BCUT2D eigenvalue weighted by atomic mass is 10.1. The molecule has 33 heavy (non-hydrogen) atoms. The zero-order valence-electron chi connectivity index (χ0n) is 19.9. The monoisotopic (exact) mass is 569 g/mol. The maximum Gasteiger partial charge on any atom is 0.225 e. The fourth-order valence-electron chi connectivity index (χ4n) is 5.14. The fourth-order valence-corrected chi connectivity index (χ4v) is 5.14. The van der Waals surface area contributed by atoms with E-state index in [-0.39, 0.29) is 24.0 Å². The molecular formula is C24H40IN7O. The van der Waals surface area contributed by atoms with Gasteiger partial charge in [0.15, 0.2) is 5.96 Å². The number of carbonyl (C=O) groups excluding carboxylic acids is 1. The summed E-state index contributed by atoms with van der Waals surface area (Å²) in [7, 11) is 1.84. The van der Waals surface area contributed by atoms with E-state index < -0.39 is 0 Å². The Morgan fingerprint density at radius 1 is 1.06 bits per heavy atom. The molecule has 3 aliphatic rings. The summed E-state index contributed by atoms with van der Waals surface area (Å²) in [5, 5.41) is 7.07. The standard InChI is InChI=1S/C24H39N7O.HI/c1-25-24(28-21-9-13-30(14-10-21)22-8-4-5-11-26-22)27-12-15-29-16-18-31(19-17-29)23(32)20-6-2-3-7-20;/h4-5,8,11,20-21H,2-3,6-7,9-10,12-19H2,1H3,(H2,25,27,28);1H. The third-order valence-electron chi connectivity index (χ3n) is 7.14. The van der Waals surface area contributed by atoms with Crippen LogP contribution in [-0.4, -0.2) is 92.1 Å². The Labute approximate surface area is 215 Å². The molecule has 2 N–H and O–H groups in total. The molecule has 1 aliphatic carbocycles. The van der Waals surface area contributed by atoms with Crippen molar-refractivity contribution in [3.63, 3.8) is 0 Å². The minimum Gasteiger partial charge on any atom is -0.356 e. The van der Waals surface area contributed by atoms with Crippen LogP contribution in [0.4, 0.5) is 5.82 Å². The molecule has 1 saturated carbocycles. The van der Waals surface area contributed by atoms with Gasteiger partial charge in [-0.2, -0.15) is 0 Å². The number of pyridine rings is 1. The van der Waals surface area contributed by atoms with Gasteiger partial charge in [0.25, 0.3) is 0 Å². The van der Waals surface area contributed by atoms with E-state index in [1.807, 2.05) is 25.4 Å². The van der Waals surface area contributed by atoms with E-state index in [0.29, 0.717) is 17.9 Å². The van der Waals surface area contributed by atoms with Gasteiger partial charge in [-0.15, -0.1) is 24.0 Å². The molecule has 0 spiro atoms. The molecule has 0 unspecified atom stereocenters. The smallest absolute Gasteiger partial charge is 0.225 e. The van der Waals surface area contributed by atoms with Crippen molar-refractivity contribution in [1.82, 2.24) is 25.4 Å². The number of aliphatic imine (C=N–C) groups is 1. The predicted octanol–water partition coefficient (Wildman–Crippen LogP) is 2.17. The first-order valence-electron chi connectivity index (χ1n) is 12.4. The number of anilines is 1. The van der Waals surface area contributed by atoms with Crippen LogP contribution in [-0.2, 0) is 4.79 Å². The Morgan fingerprint density at radius 3 is 2.42 bits per heavy atom.